The Morgan fingerprint density at radius 2 is 1.37 bits per heavy atom. The molecule has 7 nitrogen and oxygen atoms in total. The molecule has 0 saturated heterocycles. The van der Waals surface area contributed by atoms with Crippen molar-refractivity contribution in [3.05, 3.63) is 113 Å². The minimum Gasteiger partial charge on any atom is -0.457 e. The molecule has 0 aliphatic rings. The fraction of sp³-hybridized carbons (Fsp3) is 0.111. The van der Waals surface area contributed by atoms with Gasteiger partial charge in [0.1, 0.15) is 11.5 Å². The van der Waals surface area contributed by atoms with Crippen molar-refractivity contribution in [1.82, 2.24) is 20.8 Å². The van der Waals surface area contributed by atoms with Crippen molar-refractivity contribution in [3.8, 4) is 11.5 Å². The first-order valence-corrected chi connectivity index (χ1v) is 11.9. The monoisotopic (exact) mass is 484 g/mol. The van der Waals surface area contributed by atoms with Gasteiger partial charge in [0.05, 0.1) is 0 Å². The first kappa shape index (κ1) is 24.0. The van der Waals surface area contributed by atoms with Gasteiger partial charge in [0.25, 0.3) is 11.8 Å². The smallest absolute Gasteiger partial charge is 0.269 e. The van der Waals surface area contributed by atoms with E-state index in [1.54, 1.807) is 36.4 Å². The van der Waals surface area contributed by atoms with Crippen molar-refractivity contribution in [2.75, 3.05) is 0 Å². The molecule has 1 aromatic heterocycles. The molecule has 0 bridgehead atoms. The van der Waals surface area contributed by atoms with Gasteiger partial charge in [0.15, 0.2) is 5.16 Å². The van der Waals surface area contributed by atoms with Crippen LogP contribution in [0.5, 0.6) is 11.5 Å². The Hall–Kier alpha value is -4.17. The SMILES string of the molecule is Cc1cc(C)nc(SCc2ccc(C(=O)NNC(=O)c3cccc(Oc4ccccc4)c3)cc2)n1. The molecule has 1 heterocycles. The van der Waals surface area contributed by atoms with Crippen LogP contribution in [0.25, 0.3) is 0 Å². The molecule has 0 saturated carbocycles. The molecule has 0 aliphatic heterocycles. The van der Waals surface area contributed by atoms with Gasteiger partial charge in [-0.05, 0) is 67.9 Å². The molecule has 2 amide bonds. The van der Waals surface area contributed by atoms with E-state index in [-0.39, 0.29) is 0 Å². The average Bonchev–Trinajstić information content (AvgIpc) is 2.86. The van der Waals surface area contributed by atoms with Gasteiger partial charge in [-0.25, -0.2) is 9.97 Å². The van der Waals surface area contributed by atoms with E-state index in [0.717, 1.165) is 22.1 Å². The van der Waals surface area contributed by atoms with E-state index in [0.29, 0.717) is 28.4 Å². The van der Waals surface area contributed by atoms with Crippen LogP contribution in [-0.4, -0.2) is 21.8 Å². The maximum atomic E-state index is 12.5. The number of aromatic nitrogens is 2. The standard InChI is InChI=1S/C27H24N4O3S/c1-18-15-19(2)29-27(28-18)35-17-20-11-13-21(14-12-20)25(32)30-31-26(33)22-7-6-10-24(16-22)34-23-8-4-3-5-9-23/h3-16H,17H2,1-2H3,(H,30,32)(H,31,33). The van der Waals surface area contributed by atoms with Crippen LogP contribution < -0.4 is 15.6 Å². The van der Waals surface area contributed by atoms with Crippen molar-refractivity contribution >= 4 is 23.6 Å². The highest BCUT2D eigenvalue weighted by Gasteiger charge is 2.11. The van der Waals surface area contributed by atoms with E-state index >= 15 is 0 Å². The van der Waals surface area contributed by atoms with Crippen LogP contribution in [0, 0.1) is 13.8 Å². The van der Waals surface area contributed by atoms with Crippen LogP contribution in [0.4, 0.5) is 0 Å². The molecule has 8 heteroatoms. The lowest BCUT2D eigenvalue weighted by Gasteiger charge is -2.10. The number of carbonyl (C=O) groups is 2. The van der Waals surface area contributed by atoms with Crippen molar-refractivity contribution < 1.29 is 14.3 Å². The van der Waals surface area contributed by atoms with E-state index in [2.05, 4.69) is 20.8 Å². The van der Waals surface area contributed by atoms with Crippen molar-refractivity contribution in [3.63, 3.8) is 0 Å². The molecule has 0 atom stereocenters. The molecule has 4 aromatic rings. The minimum atomic E-state index is -0.446. The van der Waals surface area contributed by atoms with Crippen LogP contribution in [0.1, 0.15) is 37.7 Å². The summed E-state index contributed by atoms with van der Waals surface area (Å²) in [6.07, 6.45) is 0. The van der Waals surface area contributed by atoms with Gasteiger partial charge < -0.3 is 4.74 Å². The number of hydrogen-bond donors (Lipinski definition) is 2. The number of hydrazine groups is 1. The summed E-state index contributed by atoms with van der Waals surface area (Å²) in [6.45, 7) is 3.89. The Labute approximate surface area is 207 Å². The first-order valence-electron chi connectivity index (χ1n) is 10.9. The van der Waals surface area contributed by atoms with Crippen LogP contribution in [0.15, 0.2) is 90.1 Å². The number of amides is 2. The Bertz CT molecular complexity index is 1310. The fourth-order valence-electron chi connectivity index (χ4n) is 3.24. The molecule has 3 aromatic carbocycles. The normalized spacial score (nSPS) is 10.5. The molecule has 2 N–H and O–H groups in total. The van der Waals surface area contributed by atoms with Crippen LogP contribution in [-0.2, 0) is 5.75 Å². The summed E-state index contributed by atoms with van der Waals surface area (Å²) in [5.41, 5.74) is 8.60. The molecule has 35 heavy (non-hydrogen) atoms. The number of carbonyl (C=O) groups excluding carboxylic acids is 2. The largest absolute Gasteiger partial charge is 0.457 e. The Morgan fingerprint density at radius 3 is 2.06 bits per heavy atom. The summed E-state index contributed by atoms with van der Waals surface area (Å²) >= 11 is 1.54. The predicted octanol–water partition coefficient (Wildman–Crippen LogP) is 5.25. The number of nitrogens with one attached hydrogen (secondary N) is 2. The number of aryl methyl sites for hydroxylation is 2. The highest BCUT2D eigenvalue weighted by molar-refractivity contribution is 7.98. The van der Waals surface area contributed by atoms with E-state index < -0.39 is 11.8 Å². The van der Waals surface area contributed by atoms with Gasteiger partial charge in [-0.1, -0.05) is 48.2 Å². The molecule has 0 spiro atoms. The zero-order valence-corrected chi connectivity index (χ0v) is 20.1. The number of benzene rings is 3. The zero-order chi connectivity index (χ0) is 24.6. The minimum absolute atomic E-state index is 0.361. The van der Waals surface area contributed by atoms with Gasteiger partial charge in [0, 0.05) is 28.3 Å². The number of nitrogens with zero attached hydrogens (tertiary/aromatic N) is 2. The Morgan fingerprint density at radius 1 is 0.743 bits per heavy atom. The number of thioether (sulfide) groups is 1. The van der Waals surface area contributed by atoms with Gasteiger partial charge in [0.2, 0.25) is 0 Å². The molecule has 176 valence electrons. The number of ether oxygens (including phenoxy) is 1. The Kier molecular flexibility index (Phi) is 7.74. The fourth-order valence-corrected chi connectivity index (χ4v) is 4.15. The highest BCUT2D eigenvalue weighted by atomic mass is 32.2. The quantitative estimate of drug-likeness (QED) is 0.211. The van der Waals surface area contributed by atoms with E-state index in [1.165, 1.54) is 11.8 Å². The van der Waals surface area contributed by atoms with Gasteiger partial charge in [-0.15, -0.1) is 0 Å². The molecule has 0 aliphatic carbocycles. The predicted molar refractivity (Wildman–Crippen MR) is 135 cm³/mol. The van der Waals surface area contributed by atoms with Crippen molar-refractivity contribution in [1.29, 1.82) is 0 Å². The van der Waals surface area contributed by atoms with Gasteiger partial charge in [-0.3, -0.25) is 20.4 Å². The molecular weight excluding hydrogens is 460 g/mol. The maximum absolute atomic E-state index is 12.5. The second-order valence-electron chi connectivity index (χ2n) is 7.77. The third kappa shape index (κ3) is 6.91. The van der Waals surface area contributed by atoms with Crippen LogP contribution in [0.3, 0.4) is 0 Å². The number of hydrogen-bond acceptors (Lipinski definition) is 6. The van der Waals surface area contributed by atoms with Crippen molar-refractivity contribution in [2.24, 2.45) is 0 Å². The van der Waals surface area contributed by atoms with Gasteiger partial charge >= 0.3 is 0 Å². The van der Waals surface area contributed by atoms with E-state index in [1.807, 2.05) is 62.4 Å². The molecule has 0 radical (unpaired) electrons. The van der Waals surface area contributed by atoms with Crippen LogP contribution in [0.2, 0.25) is 0 Å². The Balaban J connectivity index is 1.29. The molecule has 4 rings (SSSR count). The lowest BCUT2D eigenvalue weighted by atomic mass is 10.1. The third-order valence-electron chi connectivity index (χ3n) is 4.91. The van der Waals surface area contributed by atoms with E-state index in [9.17, 15) is 9.59 Å². The first-order chi connectivity index (χ1) is 17.0. The molecule has 0 fully saturated rings. The summed E-state index contributed by atoms with van der Waals surface area (Å²) in [5, 5.41) is 0.727. The molecular formula is C27H24N4O3S. The lowest BCUT2D eigenvalue weighted by Crippen LogP contribution is -2.41. The summed E-state index contributed by atoms with van der Waals surface area (Å²) in [4.78, 5) is 33.8. The summed E-state index contributed by atoms with van der Waals surface area (Å²) in [6, 6.07) is 25.1. The zero-order valence-electron chi connectivity index (χ0n) is 19.3. The molecule has 0 unspecified atom stereocenters. The second kappa shape index (κ2) is 11.3. The van der Waals surface area contributed by atoms with Crippen molar-refractivity contribution in [2.45, 2.75) is 24.8 Å². The number of rotatable bonds is 7. The summed E-state index contributed by atoms with van der Waals surface area (Å²) in [7, 11) is 0. The number of para-hydroxylation sites is 1. The maximum Gasteiger partial charge on any atom is 0.269 e. The van der Waals surface area contributed by atoms with Gasteiger partial charge in [-0.2, -0.15) is 0 Å². The summed E-state index contributed by atoms with van der Waals surface area (Å²) in [5.74, 6) is 1.02. The van der Waals surface area contributed by atoms with E-state index in [4.69, 9.17) is 4.74 Å². The highest BCUT2D eigenvalue weighted by Crippen LogP contribution is 2.22. The lowest BCUT2D eigenvalue weighted by molar-refractivity contribution is 0.0846. The summed E-state index contributed by atoms with van der Waals surface area (Å²) < 4.78 is 5.76. The second-order valence-corrected chi connectivity index (χ2v) is 8.71. The topological polar surface area (TPSA) is 93.2 Å². The average molecular weight is 485 g/mol. The van der Waals surface area contributed by atoms with Crippen LogP contribution >= 0.6 is 11.8 Å². The third-order valence-corrected chi connectivity index (χ3v) is 5.83.